The topological polar surface area (TPSA) is 97.4 Å². The first kappa shape index (κ1) is 22.5. The fraction of sp³-hybridized carbons (Fsp3) is 0.579. The van der Waals surface area contributed by atoms with Gasteiger partial charge in [0.05, 0.1) is 6.61 Å². The number of benzene rings is 1. The Balaban J connectivity index is 2.20. The molecule has 2 aliphatic rings. The highest BCUT2D eigenvalue weighted by molar-refractivity contribution is 8.13. The predicted octanol–water partition coefficient (Wildman–Crippen LogP) is 4.28. The van der Waals surface area contributed by atoms with Gasteiger partial charge in [0.15, 0.2) is 5.17 Å². The van der Waals surface area contributed by atoms with Crippen molar-refractivity contribution in [2.24, 2.45) is 10.9 Å². The number of anilines is 1. The van der Waals surface area contributed by atoms with E-state index in [1.54, 1.807) is 20.8 Å². The van der Waals surface area contributed by atoms with Gasteiger partial charge in [-0.3, -0.25) is 4.90 Å². The van der Waals surface area contributed by atoms with Crippen molar-refractivity contribution in [3.63, 3.8) is 0 Å². The first-order valence-electron chi connectivity index (χ1n) is 9.33. The van der Waals surface area contributed by atoms with Gasteiger partial charge in [0.1, 0.15) is 11.3 Å². The smallest absolute Gasteiger partial charge is 0.465 e. The quantitative estimate of drug-likeness (QED) is 0.657. The number of hydrogen-bond acceptors (Lipinski definition) is 6. The molecule has 2 aliphatic heterocycles. The zero-order chi connectivity index (χ0) is 22.3. The third-order valence-electron chi connectivity index (χ3n) is 5.08. The highest BCUT2D eigenvalue weighted by Crippen LogP contribution is 2.50. The summed E-state index contributed by atoms with van der Waals surface area (Å²) in [7, 11) is 0. The molecular weight excluding hydrogens is 423 g/mol. The molecule has 166 valence electrons. The lowest BCUT2D eigenvalue weighted by Gasteiger charge is -2.46. The normalized spacial score (nSPS) is 24.6. The Morgan fingerprint density at radius 2 is 2.10 bits per heavy atom. The number of ether oxygens (including phenoxy) is 2. The maximum Gasteiger partial charge on any atom is 0.573 e. The summed E-state index contributed by atoms with van der Waals surface area (Å²) in [6, 6.07) is 3.93. The van der Waals surface area contributed by atoms with Crippen LogP contribution in [0.3, 0.4) is 0 Å². The third-order valence-corrected chi connectivity index (χ3v) is 6.18. The first-order chi connectivity index (χ1) is 13.8. The van der Waals surface area contributed by atoms with Gasteiger partial charge in [0, 0.05) is 41.5 Å². The van der Waals surface area contributed by atoms with E-state index in [0.29, 0.717) is 5.75 Å². The lowest BCUT2D eigenvalue weighted by atomic mass is 9.75. The highest BCUT2D eigenvalue weighted by Gasteiger charge is 2.50. The van der Waals surface area contributed by atoms with Crippen molar-refractivity contribution in [1.82, 2.24) is 4.90 Å². The number of halogens is 3. The van der Waals surface area contributed by atoms with Gasteiger partial charge in [-0.25, -0.2) is 9.79 Å². The lowest BCUT2D eigenvalue weighted by Crippen LogP contribution is -2.53. The minimum Gasteiger partial charge on any atom is -0.465 e. The molecule has 2 heterocycles. The summed E-state index contributed by atoms with van der Waals surface area (Å²) in [6.07, 6.45) is -5.80. The molecule has 0 saturated carbocycles. The van der Waals surface area contributed by atoms with Gasteiger partial charge < -0.3 is 20.3 Å². The van der Waals surface area contributed by atoms with Crippen LogP contribution in [-0.4, -0.2) is 52.1 Å². The Bertz CT molecular complexity index is 856. The van der Waals surface area contributed by atoms with Crippen LogP contribution < -0.4 is 10.5 Å². The standard InChI is InChI=1S/C19H24F3N3O4S/c1-17(2,3)25(16(26)27)15-24-18(6-7-28-9-11(18)10-30-15)13-8-12(23)4-5-14(13)29-19(20,21)22/h4-5,8,11H,6-7,9-10,23H2,1-3H3,(H,26,27)/t11-,18-/m0/s1. The summed E-state index contributed by atoms with van der Waals surface area (Å²) in [5.74, 6) is -0.233. The van der Waals surface area contributed by atoms with Gasteiger partial charge in [-0.2, -0.15) is 0 Å². The fourth-order valence-corrected chi connectivity index (χ4v) is 5.22. The zero-order valence-electron chi connectivity index (χ0n) is 16.8. The number of alkyl halides is 3. The van der Waals surface area contributed by atoms with Gasteiger partial charge in [-0.05, 0) is 39.0 Å². The van der Waals surface area contributed by atoms with Crippen molar-refractivity contribution in [3.8, 4) is 5.75 Å². The maximum atomic E-state index is 13.1. The molecule has 2 atom stereocenters. The molecule has 1 aromatic carbocycles. The van der Waals surface area contributed by atoms with Crippen molar-refractivity contribution in [2.75, 3.05) is 24.7 Å². The average molecular weight is 447 g/mol. The van der Waals surface area contributed by atoms with Crippen molar-refractivity contribution < 1.29 is 32.5 Å². The number of aliphatic imine (C=N–C) groups is 1. The number of nitrogens with zero attached hydrogens (tertiary/aromatic N) is 2. The summed E-state index contributed by atoms with van der Waals surface area (Å²) in [6.45, 7) is 5.73. The molecule has 7 nitrogen and oxygen atoms in total. The minimum absolute atomic E-state index is 0.185. The molecule has 0 radical (unpaired) electrons. The van der Waals surface area contributed by atoms with Crippen LogP contribution in [0.2, 0.25) is 0 Å². The number of carboxylic acid groups (broad SMARTS) is 1. The number of hydrogen-bond donors (Lipinski definition) is 2. The van der Waals surface area contributed by atoms with Gasteiger partial charge in [-0.1, -0.05) is 11.8 Å². The second kappa shape index (κ2) is 7.84. The Kier molecular flexibility index (Phi) is 5.89. The molecule has 0 unspecified atom stereocenters. The van der Waals surface area contributed by atoms with Crippen molar-refractivity contribution >= 4 is 28.7 Å². The fourth-order valence-electron chi connectivity index (χ4n) is 3.79. The molecule has 0 spiro atoms. The van der Waals surface area contributed by atoms with Gasteiger partial charge in [0.2, 0.25) is 0 Å². The van der Waals surface area contributed by atoms with Crippen LogP contribution in [0.5, 0.6) is 5.75 Å². The molecule has 1 saturated heterocycles. The third kappa shape index (κ3) is 4.46. The molecule has 0 aromatic heterocycles. The average Bonchev–Trinajstić information content (AvgIpc) is 2.60. The Hall–Kier alpha value is -2.14. The van der Waals surface area contributed by atoms with Crippen LogP contribution in [0.15, 0.2) is 23.2 Å². The highest BCUT2D eigenvalue weighted by atomic mass is 32.2. The lowest BCUT2D eigenvalue weighted by molar-refractivity contribution is -0.275. The van der Waals surface area contributed by atoms with Crippen LogP contribution in [0.1, 0.15) is 32.8 Å². The van der Waals surface area contributed by atoms with Crippen LogP contribution in [-0.2, 0) is 10.3 Å². The summed E-state index contributed by atoms with van der Waals surface area (Å²) < 4.78 is 49.1. The number of nitrogens with two attached hydrogens (primary N) is 1. The van der Waals surface area contributed by atoms with Crippen molar-refractivity contribution in [2.45, 2.75) is 44.6 Å². The van der Waals surface area contributed by atoms with E-state index in [4.69, 9.17) is 15.5 Å². The number of thioether (sulfide) groups is 1. The molecule has 3 N–H and O–H groups in total. The molecule has 1 amide bonds. The van der Waals surface area contributed by atoms with Crippen LogP contribution in [0.4, 0.5) is 23.7 Å². The second-order valence-corrected chi connectivity index (χ2v) is 9.23. The Morgan fingerprint density at radius 3 is 2.70 bits per heavy atom. The SMILES string of the molecule is CC(C)(C)N(C(=O)O)C1=N[C@@]2(c3cc(N)ccc3OC(F)(F)F)CCOC[C@H]2CS1. The number of amidine groups is 1. The van der Waals surface area contributed by atoms with E-state index in [1.807, 2.05) is 0 Å². The van der Waals surface area contributed by atoms with Gasteiger partial charge in [0.25, 0.3) is 0 Å². The monoisotopic (exact) mass is 447 g/mol. The summed E-state index contributed by atoms with van der Waals surface area (Å²) in [4.78, 5) is 17.9. The molecule has 11 heteroatoms. The van der Waals surface area contributed by atoms with Gasteiger partial charge >= 0.3 is 12.5 Å². The van der Waals surface area contributed by atoms with E-state index in [2.05, 4.69) is 4.74 Å². The summed E-state index contributed by atoms with van der Waals surface area (Å²) >= 11 is 1.25. The Morgan fingerprint density at radius 1 is 1.40 bits per heavy atom. The number of carbonyl (C=O) groups is 1. The second-order valence-electron chi connectivity index (χ2n) is 8.24. The molecule has 0 bridgehead atoms. The number of fused-ring (bicyclic) bond motifs is 1. The van der Waals surface area contributed by atoms with Crippen molar-refractivity contribution in [3.05, 3.63) is 23.8 Å². The van der Waals surface area contributed by atoms with E-state index >= 15 is 0 Å². The number of rotatable bonds is 2. The molecule has 1 fully saturated rings. The maximum absolute atomic E-state index is 13.1. The van der Waals surface area contributed by atoms with E-state index < -0.39 is 29.3 Å². The first-order valence-corrected chi connectivity index (χ1v) is 10.3. The Labute approximate surface area is 176 Å². The number of amides is 1. The molecule has 3 rings (SSSR count). The molecule has 1 aromatic rings. The van der Waals surface area contributed by atoms with E-state index in [9.17, 15) is 23.1 Å². The van der Waals surface area contributed by atoms with E-state index in [1.165, 1.54) is 30.0 Å². The predicted molar refractivity (Wildman–Crippen MR) is 108 cm³/mol. The van der Waals surface area contributed by atoms with E-state index in [-0.39, 0.29) is 42.0 Å². The van der Waals surface area contributed by atoms with Crippen molar-refractivity contribution in [1.29, 1.82) is 0 Å². The summed E-state index contributed by atoms with van der Waals surface area (Å²) in [5.41, 5.74) is 4.41. The molecule has 0 aliphatic carbocycles. The van der Waals surface area contributed by atoms with E-state index in [0.717, 1.165) is 4.90 Å². The zero-order valence-corrected chi connectivity index (χ0v) is 17.6. The van der Waals surface area contributed by atoms with Crippen LogP contribution >= 0.6 is 11.8 Å². The number of nitrogen functional groups attached to an aromatic ring is 1. The summed E-state index contributed by atoms with van der Waals surface area (Å²) in [5, 5.41) is 10.0. The van der Waals surface area contributed by atoms with Crippen LogP contribution in [0, 0.1) is 5.92 Å². The molecule has 30 heavy (non-hydrogen) atoms. The van der Waals surface area contributed by atoms with Gasteiger partial charge in [-0.15, -0.1) is 13.2 Å². The minimum atomic E-state index is -4.89. The largest absolute Gasteiger partial charge is 0.573 e. The van der Waals surface area contributed by atoms with Crippen LogP contribution in [0.25, 0.3) is 0 Å². The molecular formula is C19H24F3N3O4S.